The first-order valence-corrected chi connectivity index (χ1v) is 5.24. The van der Waals surface area contributed by atoms with Crippen molar-refractivity contribution >= 4 is 23.2 Å². The quantitative estimate of drug-likeness (QED) is 0.630. The van der Waals surface area contributed by atoms with Crippen molar-refractivity contribution in [3.8, 4) is 5.75 Å². The smallest absolute Gasteiger partial charge is 0.275 e. The van der Waals surface area contributed by atoms with E-state index in [-0.39, 0.29) is 11.3 Å². The van der Waals surface area contributed by atoms with Crippen LogP contribution in [-0.4, -0.2) is 16.7 Å². The van der Waals surface area contributed by atoms with Gasteiger partial charge in [-0.3, -0.25) is 4.79 Å². The minimum Gasteiger partial charge on any atom is -0.507 e. The molecule has 0 aliphatic rings. The molecule has 0 atom stereocenters. The molecule has 0 aliphatic heterocycles. The van der Waals surface area contributed by atoms with Gasteiger partial charge in [0.1, 0.15) is 5.75 Å². The van der Waals surface area contributed by atoms with Crippen molar-refractivity contribution in [2.24, 2.45) is 5.10 Å². The summed E-state index contributed by atoms with van der Waals surface area (Å²) in [6.45, 7) is 3.74. The predicted molar refractivity (Wildman–Crippen MR) is 64.0 cm³/mol. The summed E-state index contributed by atoms with van der Waals surface area (Å²) in [7, 11) is 0. The van der Waals surface area contributed by atoms with Crippen LogP contribution in [-0.2, 0) is 0 Å². The second-order valence-corrected chi connectivity index (χ2v) is 3.74. The van der Waals surface area contributed by atoms with Crippen molar-refractivity contribution in [2.45, 2.75) is 20.3 Å². The Morgan fingerprint density at radius 1 is 1.56 bits per heavy atom. The molecule has 0 unspecified atom stereocenters. The number of benzene rings is 1. The number of halogens is 1. The molecule has 0 heterocycles. The van der Waals surface area contributed by atoms with Gasteiger partial charge in [-0.25, -0.2) is 5.43 Å². The van der Waals surface area contributed by atoms with Crippen molar-refractivity contribution in [1.82, 2.24) is 5.43 Å². The van der Waals surface area contributed by atoms with Crippen LogP contribution in [0.2, 0.25) is 5.02 Å². The van der Waals surface area contributed by atoms with E-state index in [1.165, 1.54) is 18.2 Å². The maximum atomic E-state index is 11.6. The third kappa shape index (κ3) is 3.24. The minimum absolute atomic E-state index is 0.111. The highest BCUT2D eigenvalue weighted by atomic mass is 35.5. The van der Waals surface area contributed by atoms with Crippen molar-refractivity contribution in [2.75, 3.05) is 0 Å². The van der Waals surface area contributed by atoms with E-state index in [0.29, 0.717) is 5.02 Å². The first-order chi connectivity index (χ1) is 7.54. The molecule has 1 aromatic rings. The van der Waals surface area contributed by atoms with Crippen LogP contribution >= 0.6 is 11.6 Å². The second-order valence-electron chi connectivity index (χ2n) is 3.30. The molecule has 0 saturated heterocycles. The highest BCUT2D eigenvalue weighted by Gasteiger charge is 2.10. The number of rotatable bonds is 3. The van der Waals surface area contributed by atoms with Crippen molar-refractivity contribution in [1.29, 1.82) is 0 Å². The van der Waals surface area contributed by atoms with Crippen LogP contribution in [0.3, 0.4) is 0 Å². The molecule has 0 saturated carbocycles. The van der Waals surface area contributed by atoms with Crippen LogP contribution in [0.1, 0.15) is 30.6 Å². The van der Waals surface area contributed by atoms with Crippen LogP contribution in [0.4, 0.5) is 0 Å². The molecule has 1 amide bonds. The molecule has 4 nitrogen and oxygen atoms in total. The molecular formula is C11H13ClN2O2. The van der Waals surface area contributed by atoms with Gasteiger partial charge in [-0.05, 0) is 31.5 Å². The van der Waals surface area contributed by atoms with E-state index in [2.05, 4.69) is 10.5 Å². The van der Waals surface area contributed by atoms with Gasteiger partial charge in [0.2, 0.25) is 0 Å². The van der Waals surface area contributed by atoms with Crippen LogP contribution in [0.25, 0.3) is 0 Å². The number of hydrogen-bond donors (Lipinski definition) is 2. The topological polar surface area (TPSA) is 61.7 Å². The Labute approximate surface area is 98.9 Å². The first-order valence-electron chi connectivity index (χ1n) is 4.86. The van der Waals surface area contributed by atoms with Gasteiger partial charge in [0.25, 0.3) is 5.91 Å². The fraction of sp³-hybridized carbons (Fsp3) is 0.273. The van der Waals surface area contributed by atoms with Gasteiger partial charge in [0.15, 0.2) is 0 Å². The summed E-state index contributed by atoms with van der Waals surface area (Å²) in [6, 6.07) is 4.27. The third-order valence-corrected chi connectivity index (χ3v) is 2.30. The molecule has 5 heteroatoms. The largest absolute Gasteiger partial charge is 0.507 e. The Kier molecular flexibility index (Phi) is 4.31. The summed E-state index contributed by atoms with van der Waals surface area (Å²) in [5, 5.41) is 13.7. The number of nitrogens with zero attached hydrogens (tertiary/aromatic N) is 1. The van der Waals surface area contributed by atoms with Gasteiger partial charge < -0.3 is 5.11 Å². The van der Waals surface area contributed by atoms with Crippen molar-refractivity contribution in [3.63, 3.8) is 0 Å². The fourth-order valence-corrected chi connectivity index (χ4v) is 1.15. The molecule has 1 rings (SSSR count). The zero-order valence-electron chi connectivity index (χ0n) is 9.12. The Morgan fingerprint density at radius 3 is 2.88 bits per heavy atom. The maximum Gasteiger partial charge on any atom is 0.275 e. The summed E-state index contributed by atoms with van der Waals surface area (Å²) < 4.78 is 0. The van der Waals surface area contributed by atoms with Gasteiger partial charge >= 0.3 is 0 Å². The van der Waals surface area contributed by atoms with Gasteiger partial charge in [-0.15, -0.1) is 0 Å². The number of hydrogen-bond acceptors (Lipinski definition) is 3. The molecule has 0 aliphatic carbocycles. The van der Waals surface area contributed by atoms with Crippen LogP contribution in [0.15, 0.2) is 23.3 Å². The average Bonchev–Trinajstić information content (AvgIpc) is 2.28. The number of amides is 1. The highest BCUT2D eigenvalue weighted by molar-refractivity contribution is 6.31. The van der Waals surface area contributed by atoms with Gasteiger partial charge in [0, 0.05) is 10.7 Å². The monoisotopic (exact) mass is 240 g/mol. The van der Waals surface area contributed by atoms with E-state index in [1.54, 1.807) is 6.92 Å². The lowest BCUT2D eigenvalue weighted by Crippen LogP contribution is -2.19. The Bertz CT molecular complexity index is 430. The number of phenols is 1. The van der Waals surface area contributed by atoms with E-state index >= 15 is 0 Å². The second kappa shape index (κ2) is 5.51. The summed E-state index contributed by atoms with van der Waals surface area (Å²) in [5.41, 5.74) is 3.26. The fourth-order valence-electron chi connectivity index (χ4n) is 0.976. The molecule has 0 radical (unpaired) electrons. The number of carbonyl (C=O) groups is 1. The minimum atomic E-state index is -0.479. The van der Waals surface area contributed by atoms with Gasteiger partial charge in [-0.1, -0.05) is 18.5 Å². The molecule has 86 valence electrons. The SMILES string of the molecule is CC/C(C)=N/NC(=O)c1cc(Cl)ccc1O. The van der Waals surface area contributed by atoms with E-state index in [1.807, 2.05) is 6.92 Å². The van der Waals surface area contributed by atoms with E-state index in [0.717, 1.165) is 12.1 Å². The third-order valence-electron chi connectivity index (χ3n) is 2.06. The molecule has 16 heavy (non-hydrogen) atoms. The zero-order valence-corrected chi connectivity index (χ0v) is 9.88. The van der Waals surface area contributed by atoms with Crippen molar-refractivity contribution < 1.29 is 9.90 Å². The lowest BCUT2D eigenvalue weighted by atomic mass is 10.2. The number of hydrazone groups is 1. The highest BCUT2D eigenvalue weighted by Crippen LogP contribution is 2.21. The molecule has 2 N–H and O–H groups in total. The first kappa shape index (κ1) is 12.5. The zero-order chi connectivity index (χ0) is 12.1. The molecule has 0 aromatic heterocycles. The summed E-state index contributed by atoms with van der Waals surface area (Å²) in [6.07, 6.45) is 0.752. The van der Waals surface area contributed by atoms with Gasteiger partial charge in [-0.2, -0.15) is 5.10 Å². The Morgan fingerprint density at radius 2 is 2.25 bits per heavy atom. The van der Waals surface area contributed by atoms with E-state index < -0.39 is 5.91 Å². The maximum absolute atomic E-state index is 11.6. The Hall–Kier alpha value is -1.55. The standard InChI is InChI=1S/C11H13ClN2O2/c1-3-7(2)13-14-11(16)9-6-8(12)4-5-10(9)15/h4-6,15H,3H2,1-2H3,(H,14,16)/b13-7+. The van der Waals surface area contributed by atoms with Crippen LogP contribution < -0.4 is 5.43 Å². The molecule has 1 aromatic carbocycles. The van der Waals surface area contributed by atoms with E-state index in [9.17, 15) is 9.90 Å². The lowest BCUT2D eigenvalue weighted by molar-refractivity contribution is 0.0952. The lowest BCUT2D eigenvalue weighted by Gasteiger charge is -2.04. The summed E-state index contributed by atoms with van der Waals surface area (Å²) in [4.78, 5) is 11.6. The average molecular weight is 241 g/mol. The van der Waals surface area contributed by atoms with Gasteiger partial charge in [0.05, 0.1) is 5.56 Å². The van der Waals surface area contributed by atoms with E-state index in [4.69, 9.17) is 11.6 Å². The van der Waals surface area contributed by atoms with Crippen molar-refractivity contribution in [3.05, 3.63) is 28.8 Å². The number of phenolic OH excluding ortho intramolecular Hbond substituents is 1. The predicted octanol–water partition coefficient (Wildman–Crippen LogP) is 2.56. The normalized spacial score (nSPS) is 11.3. The molecular weight excluding hydrogens is 228 g/mol. The molecule has 0 spiro atoms. The number of nitrogens with one attached hydrogen (secondary N) is 1. The van der Waals surface area contributed by atoms with Crippen LogP contribution in [0.5, 0.6) is 5.75 Å². The molecule has 0 fully saturated rings. The summed E-state index contributed by atoms with van der Waals surface area (Å²) in [5.74, 6) is -0.598. The number of carbonyl (C=O) groups excluding carboxylic acids is 1. The van der Waals surface area contributed by atoms with Crippen LogP contribution in [0, 0.1) is 0 Å². The summed E-state index contributed by atoms with van der Waals surface area (Å²) >= 11 is 5.72. The number of aromatic hydroxyl groups is 1. The molecule has 0 bridgehead atoms. The Balaban J connectivity index is 2.85.